The van der Waals surface area contributed by atoms with Crippen LogP contribution in [0.1, 0.15) is 34.1 Å². The summed E-state index contributed by atoms with van der Waals surface area (Å²) in [5.74, 6) is -15.3. The number of carboxylic acid groups (broad SMARTS) is 1. The molecule has 3 heterocycles. The normalized spacial score (nSPS) is 33.3. The van der Waals surface area contributed by atoms with Crippen LogP contribution in [0.15, 0.2) is 0 Å². The largest absolute Gasteiger partial charge is 0.477 e. The molecule has 3 aliphatic heterocycles. The maximum Gasteiger partial charge on any atom is 0.472 e. The number of esters is 4. The summed E-state index contributed by atoms with van der Waals surface area (Å²) in [4.78, 5) is 105. The Hall–Kier alpha value is -3.69. The van der Waals surface area contributed by atoms with Crippen LogP contribution in [0, 0.1) is 5.92 Å². The predicted octanol–water partition coefficient (Wildman–Crippen LogP) is -1.62. The molecule has 3 aliphatic rings. The summed E-state index contributed by atoms with van der Waals surface area (Å²) >= 11 is 0. The Bertz CT molecular complexity index is 1370. The lowest BCUT2D eigenvalue weighted by molar-refractivity contribution is -0.813. The van der Waals surface area contributed by atoms with Crippen molar-refractivity contribution in [3.8, 4) is 0 Å². The van der Waals surface area contributed by atoms with E-state index in [9.17, 15) is 66.2 Å². The minimum atomic E-state index is -5.78. The average Bonchev–Trinajstić information content (AvgIpc) is 3.51. The number of ether oxygens (including phenoxy) is 5. The van der Waals surface area contributed by atoms with Crippen LogP contribution in [0.4, 0.5) is 13.2 Å². The first-order chi connectivity index (χ1) is 21.0. The Labute approximate surface area is 256 Å². The Morgan fingerprint density at radius 2 is 1.50 bits per heavy atom. The molecular formula is C23H29F3N2O17P+. The van der Waals surface area contributed by atoms with E-state index in [1.807, 2.05) is 0 Å². The number of piperidine rings is 1. The molecule has 3 fully saturated rings. The maximum atomic E-state index is 13.9. The Morgan fingerprint density at radius 1 is 0.935 bits per heavy atom. The van der Waals surface area contributed by atoms with Crippen molar-refractivity contribution in [2.24, 2.45) is 5.92 Å². The molecule has 6 unspecified atom stereocenters. The van der Waals surface area contributed by atoms with Gasteiger partial charge >= 0.3 is 55.7 Å². The number of nitrogens with zero attached hydrogens (tertiary/aromatic N) is 1. The molecule has 46 heavy (non-hydrogen) atoms. The number of halogens is 3. The molecule has 23 heteroatoms. The molecule has 0 radical (unpaired) electrons. The SMILES string of the molecule is CC(=O)OCC1C2C(OC(C)=O)[N+]2(C(=O)CNC(=O)C(F)(F)F)[C@@H]2C(OC(C)=O)C[C@@](OP(=O)(O)O)(C(=O)O)OC2[C@@H]1OC(C)=O. The number of rotatable bonds is 10. The van der Waals surface area contributed by atoms with E-state index in [0.29, 0.717) is 0 Å². The summed E-state index contributed by atoms with van der Waals surface area (Å²) in [6, 6.07) is -3.34. The molecule has 0 aromatic rings. The number of aliphatic carboxylic acids is 1. The van der Waals surface area contributed by atoms with Crippen LogP contribution in [0.2, 0.25) is 0 Å². The van der Waals surface area contributed by atoms with E-state index in [0.717, 1.165) is 27.7 Å². The Balaban J connectivity index is 2.33. The van der Waals surface area contributed by atoms with Gasteiger partial charge in [0.2, 0.25) is 6.04 Å². The van der Waals surface area contributed by atoms with Crippen molar-refractivity contribution in [2.45, 2.75) is 82.7 Å². The van der Waals surface area contributed by atoms with Crippen LogP contribution in [0.5, 0.6) is 0 Å². The van der Waals surface area contributed by atoms with Crippen LogP contribution >= 0.6 is 7.82 Å². The lowest BCUT2D eigenvalue weighted by Crippen LogP contribution is -2.74. The van der Waals surface area contributed by atoms with Crippen molar-refractivity contribution in [2.75, 3.05) is 13.2 Å². The van der Waals surface area contributed by atoms with Crippen molar-refractivity contribution in [3.05, 3.63) is 0 Å². The van der Waals surface area contributed by atoms with Gasteiger partial charge in [0.25, 0.3) is 12.0 Å². The zero-order chi connectivity index (χ0) is 35.2. The molecule has 258 valence electrons. The fourth-order valence-corrected chi connectivity index (χ4v) is 6.68. The molecule has 4 N–H and O–H groups in total. The van der Waals surface area contributed by atoms with Gasteiger partial charge in [0.05, 0.1) is 12.3 Å². The van der Waals surface area contributed by atoms with Crippen LogP contribution in [0.25, 0.3) is 0 Å². The molecule has 0 aromatic carbocycles. The lowest BCUT2D eigenvalue weighted by Gasteiger charge is -2.51. The zero-order valence-corrected chi connectivity index (χ0v) is 25.1. The number of phosphoric acid groups is 1. The first kappa shape index (κ1) is 36.8. The highest BCUT2D eigenvalue weighted by Gasteiger charge is 2.88. The number of nitrogens with one attached hydrogen (secondary N) is 1. The smallest absolute Gasteiger partial charge is 0.472 e. The van der Waals surface area contributed by atoms with Crippen LogP contribution in [-0.2, 0) is 66.3 Å². The number of carbonyl (C=O) groups excluding carboxylic acids is 6. The average molecular weight is 693 g/mol. The van der Waals surface area contributed by atoms with Crippen molar-refractivity contribution in [1.82, 2.24) is 5.32 Å². The van der Waals surface area contributed by atoms with Crippen molar-refractivity contribution < 1.29 is 98.9 Å². The van der Waals surface area contributed by atoms with E-state index in [2.05, 4.69) is 4.52 Å². The van der Waals surface area contributed by atoms with Crippen molar-refractivity contribution >= 4 is 49.5 Å². The summed E-state index contributed by atoms with van der Waals surface area (Å²) < 4.78 is 80.5. The number of hydrogen-bond donors (Lipinski definition) is 4. The van der Waals surface area contributed by atoms with Gasteiger partial charge in [0, 0.05) is 27.7 Å². The van der Waals surface area contributed by atoms with Gasteiger partial charge in [0.1, 0.15) is 19.3 Å². The summed E-state index contributed by atoms with van der Waals surface area (Å²) in [7, 11) is -5.78. The second-order valence-corrected chi connectivity index (χ2v) is 11.7. The van der Waals surface area contributed by atoms with Gasteiger partial charge in [0.15, 0.2) is 18.2 Å². The maximum absolute atomic E-state index is 13.9. The first-order valence-corrected chi connectivity index (χ1v) is 14.6. The van der Waals surface area contributed by atoms with E-state index in [1.54, 1.807) is 0 Å². The molecule has 3 rings (SSSR count). The predicted molar refractivity (Wildman–Crippen MR) is 132 cm³/mol. The van der Waals surface area contributed by atoms with E-state index >= 15 is 0 Å². The van der Waals surface area contributed by atoms with Crippen LogP contribution < -0.4 is 5.32 Å². The summed E-state index contributed by atoms with van der Waals surface area (Å²) in [6.07, 6.45) is -14.4. The van der Waals surface area contributed by atoms with E-state index in [1.165, 1.54) is 5.32 Å². The standard InChI is InChI=1S/C23H28F3N2O17P/c1-8(29)40-7-12-15-19(43-11(4)32)28(15,14(33)6-27-20(34)23(24,25)26)16-13(41-9(2)30)5-22(21(35)36,45-46(37,38)39)44-18(16)17(12)42-10(3)31/h12-13,15-19H,5-7H2,1-4H3,(H3-,27,34,35,36,37,38,39)/p+1/t12?,13?,15?,16-,17-,18?,19?,22-,28?/m1/s1. The third-order valence-corrected chi connectivity index (χ3v) is 7.91. The monoisotopic (exact) mass is 693 g/mol. The fourth-order valence-electron chi connectivity index (χ4n) is 6.10. The highest BCUT2D eigenvalue weighted by molar-refractivity contribution is 7.46. The topological polar surface area (TPSA) is 265 Å². The van der Waals surface area contributed by atoms with Crippen LogP contribution in [-0.4, -0.2) is 123 Å². The number of hydrogen-bond acceptors (Lipinski definition) is 14. The quantitative estimate of drug-likeness (QED) is 0.0659. The highest BCUT2D eigenvalue weighted by Crippen LogP contribution is 2.60. The van der Waals surface area contributed by atoms with E-state index < -0.39 is 128 Å². The third kappa shape index (κ3) is 7.31. The number of alkyl halides is 3. The zero-order valence-electron chi connectivity index (χ0n) is 24.2. The molecule has 3 saturated heterocycles. The Kier molecular flexibility index (Phi) is 10.3. The van der Waals surface area contributed by atoms with E-state index in [4.69, 9.17) is 23.7 Å². The summed E-state index contributed by atoms with van der Waals surface area (Å²) in [5.41, 5.74) is 0. The molecule has 0 aromatic heterocycles. The van der Waals surface area contributed by atoms with Crippen molar-refractivity contribution in [3.63, 3.8) is 0 Å². The highest BCUT2D eigenvalue weighted by atomic mass is 31.2. The number of carboxylic acids is 1. The lowest BCUT2D eigenvalue weighted by atomic mass is 9.80. The van der Waals surface area contributed by atoms with Gasteiger partial charge in [-0.25, -0.2) is 18.7 Å². The molecule has 0 bridgehead atoms. The van der Waals surface area contributed by atoms with Crippen molar-refractivity contribution in [1.29, 1.82) is 0 Å². The first-order valence-electron chi connectivity index (χ1n) is 13.1. The second-order valence-electron chi connectivity index (χ2n) is 10.5. The number of phosphoric ester groups is 1. The van der Waals surface area contributed by atoms with Gasteiger partial charge in [-0.1, -0.05) is 0 Å². The number of quaternary nitrogens is 1. The third-order valence-electron chi connectivity index (χ3n) is 7.38. The fraction of sp³-hybridized carbons (Fsp3) is 0.696. The Morgan fingerprint density at radius 3 is 1.96 bits per heavy atom. The number of fused-ring (bicyclic) bond motifs is 3. The van der Waals surface area contributed by atoms with Crippen LogP contribution in [0.3, 0.4) is 0 Å². The van der Waals surface area contributed by atoms with Gasteiger partial charge in [-0.3, -0.25) is 24.0 Å². The molecule has 9 atom stereocenters. The molecule has 0 aliphatic carbocycles. The summed E-state index contributed by atoms with van der Waals surface area (Å²) in [5, 5.41) is 11.4. The molecule has 19 nitrogen and oxygen atoms in total. The number of carbonyl (C=O) groups is 7. The van der Waals surface area contributed by atoms with Gasteiger partial charge in [-0.05, 0) is 0 Å². The molecule has 2 amide bonds. The summed E-state index contributed by atoms with van der Waals surface area (Å²) in [6.45, 7) is 1.30. The second kappa shape index (κ2) is 12.8. The minimum Gasteiger partial charge on any atom is -0.477 e. The van der Waals surface area contributed by atoms with Gasteiger partial charge in [-0.2, -0.15) is 17.7 Å². The minimum absolute atomic E-state index is 0.790. The molecular weight excluding hydrogens is 664 g/mol. The molecule has 0 saturated carbocycles. The van der Waals surface area contributed by atoms with Gasteiger partial charge in [-0.15, -0.1) is 0 Å². The number of amides is 2. The van der Waals surface area contributed by atoms with E-state index in [-0.39, 0.29) is 0 Å². The van der Waals surface area contributed by atoms with Gasteiger partial charge < -0.3 is 43.9 Å². The molecule has 0 spiro atoms.